The third-order valence-corrected chi connectivity index (χ3v) is 4.58. The summed E-state index contributed by atoms with van der Waals surface area (Å²) < 4.78 is 7.47. The maximum Gasteiger partial charge on any atom is 0.227 e. The van der Waals surface area contributed by atoms with Gasteiger partial charge in [0.2, 0.25) is 5.95 Å². The first-order valence-electron chi connectivity index (χ1n) is 8.29. The van der Waals surface area contributed by atoms with Crippen molar-refractivity contribution >= 4 is 11.8 Å². The second-order valence-electron chi connectivity index (χ2n) is 6.41. The van der Waals surface area contributed by atoms with Gasteiger partial charge < -0.3 is 24.6 Å². The van der Waals surface area contributed by atoms with Crippen LogP contribution < -0.4 is 10.2 Å². The highest BCUT2D eigenvalue weighted by atomic mass is 16.5. The van der Waals surface area contributed by atoms with Gasteiger partial charge in [-0.1, -0.05) is 0 Å². The Hall–Kier alpha value is -2.19. The molecule has 2 N–H and O–H groups in total. The van der Waals surface area contributed by atoms with E-state index in [1.165, 1.54) is 0 Å². The third kappa shape index (κ3) is 3.07. The molecule has 4 heterocycles. The molecule has 2 fully saturated rings. The van der Waals surface area contributed by atoms with Crippen molar-refractivity contribution < 1.29 is 9.84 Å². The number of aliphatic hydroxyl groups excluding tert-OH is 1. The molecular weight excluding hydrogens is 308 g/mol. The zero-order chi connectivity index (χ0) is 16.5. The van der Waals surface area contributed by atoms with Crippen molar-refractivity contribution in [3.8, 4) is 0 Å². The molecule has 0 unspecified atom stereocenters. The van der Waals surface area contributed by atoms with E-state index >= 15 is 0 Å². The van der Waals surface area contributed by atoms with E-state index in [1.54, 1.807) is 6.20 Å². The lowest BCUT2D eigenvalue weighted by Gasteiger charge is -2.36. The lowest BCUT2D eigenvalue weighted by molar-refractivity contribution is 0.140. The molecule has 0 spiro atoms. The van der Waals surface area contributed by atoms with E-state index in [1.807, 2.05) is 28.8 Å². The monoisotopic (exact) mass is 330 g/mol. The Morgan fingerprint density at radius 3 is 2.92 bits per heavy atom. The molecule has 1 atom stereocenters. The SMILES string of the molecule is Cn1ccnc1CNc1cc([C@@H]2CCOC2)nc(N2CC(O)C2)n1. The van der Waals surface area contributed by atoms with E-state index < -0.39 is 0 Å². The average Bonchev–Trinajstić information content (AvgIpc) is 3.21. The Balaban J connectivity index is 1.56. The summed E-state index contributed by atoms with van der Waals surface area (Å²) in [6.45, 7) is 3.26. The molecule has 2 aromatic rings. The van der Waals surface area contributed by atoms with E-state index in [4.69, 9.17) is 9.72 Å². The van der Waals surface area contributed by atoms with Gasteiger partial charge >= 0.3 is 0 Å². The van der Waals surface area contributed by atoms with E-state index in [-0.39, 0.29) is 6.10 Å². The van der Waals surface area contributed by atoms with Crippen LogP contribution in [-0.2, 0) is 18.3 Å². The largest absolute Gasteiger partial charge is 0.389 e. The minimum atomic E-state index is -0.281. The van der Waals surface area contributed by atoms with Crippen LogP contribution in [0.4, 0.5) is 11.8 Å². The number of aromatic nitrogens is 4. The molecule has 24 heavy (non-hydrogen) atoms. The number of aryl methyl sites for hydroxylation is 1. The third-order valence-electron chi connectivity index (χ3n) is 4.58. The highest BCUT2D eigenvalue weighted by Gasteiger charge is 2.28. The summed E-state index contributed by atoms with van der Waals surface area (Å²) in [5.41, 5.74) is 1.00. The van der Waals surface area contributed by atoms with Gasteiger partial charge in [-0.05, 0) is 6.42 Å². The fourth-order valence-corrected chi connectivity index (χ4v) is 3.02. The first-order chi connectivity index (χ1) is 11.7. The predicted octanol–water partition coefficient (Wildman–Crippen LogP) is 0.507. The van der Waals surface area contributed by atoms with Crippen molar-refractivity contribution in [2.24, 2.45) is 7.05 Å². The number of aliphatic hydroxyl groups is 1. The van der Waals surface area contributed by atoms with Crippen molar-refractivity contribution in [1.82, 2.24) is 19.5 Å². The normalized spacial score (nSPS) is 21.1. The number of β-amino-alcohol motifs (C(OH)–C–C–N with tert-alkyl or cyclic N) is 1. The van der Waals surface area contributed by atoms with Crippen LogP contribution in [0.5, 0.6) is 0 Å². The summed E-state index contributed by atoms with van der Waals surface area (Å²) in [7, 11) is 1.97. The van der Waals surface area contributed by atoms with Gasteiger partial charge in [-0.2, -0.15) is 4.98 Å². The maximum atomic E-state index is 9.54. The zero-order valence-electron chi connectivity index (χ0n) is 13.7. The molecule has 0 aromatic carbocycles. The van der Waals surface area contributed by atoms with Gasteiger partial charge in [0.15, 0.2) is 0 Å². The molecule has 2 aliphatic heterocycles. The smallest absolute Gasteiger partial charge is 0.227 e. The summed E-state index contributed by atoms with van der Waals surface area (Å²) in [4.78, 5) is 15.6. The number of hydrogen-bond acceptors (Lipinski definition) is 7. The molecule has 2 aliphatic rings. The van der Waals surface area contributed by atoms with Crippen molar-refractivity contribution in [1.29, 1.82) is 0 Å². The Labute approximate surface area is 140 Å². The first kappa shape index (κ1) is 15.3. The van der Waals surface area contributed by atoms with Crippen molar-refractivity contribution in [3.63, 3.8) is 0 Å². The van der Waals surface area contributed by atoms with Gasteiger partial charge in [-0.15, -0.1) is 0 Å². The van der Waals surface area contributed by atoms with Crippen LogP contribution in [0.3, 0.4) is 0 Å². The lowest BCUT2D eigenvalue weighted by Crippen LogP contribution is -2.51. The van der Waals surface area contributed by atoms with Gasteiger partial charge in [0.1, 0.15) is 11.6 Å². The van der Waals surface area contributed by atoms with Crippen LogP contribution in [0, 0.1) is 0 Å². The summed E-state index contributed by atoms with van der Waals surface area (Å²) in [5, 5.41) is 12.9. The summed E-state index contributed by atoms with van der Waals surface area (Å²) in [6, 6.07) is 2.00. The van der Waals surface area contributed by atoms with Gasteiger partial charge in [0, 0.05) is 51.1 Å². The number of ether oxygens (including phenoxy) is 1. The standard InChI is InChI=1S/C16H22N6O2/c1-21-4-3-17-15(21)7-18-14-6-13(11-2-5-24-10-11)19-16(20-14)22-8-12(23)9-22/h3-4,6,11-12,23H,2,5,7-10H2,1H3,(H,18,19,20)/t11-/m1/s1. The topological polar surface area (TPSA) is 88.3 Å². The molecule has 8 heteroatoms. The minimum absolute atomic E-state index is 0.281. The predicted molar refractivity (Wildman–Crippen MR) is 89.0 cm³/mol. The Morgan fingerprint density at radius 1 is 1.38 bits per heavy atom. The quantitative estimate of drug-likeness (QED) is 0.825. The highest BCUT2D eigenvalue weighted by Crippen LogP contribution is 2.28. The molecular formula is C16H22N6O2. The van der Waals surface area contributed by atoms with Crippen molar-refractivity contribution in [2.75, 3.05) is 36.5 Å². The molecule has 4 rings (SSSR count). The Bertz CT molecular complexity index is 706. The molecule has 0 amide bonds. The summed E-state index contributed by atoms with van der Waals surface area (Å²) in [6.07, 6.45) is 4.41. The fraction of sp³-hybridized carbons (Fsp3) is 0.562. The van der Waals surface area contributed by atoms with Gasteiger partial charge in [0.05, 0.1) is 24.9 Å². The summed E-state index contributed by atoms with van der Waals surface area (Å²) >= 11 is 0. The minimum Gasteiger partial charge on any atom is -0.389 e. The fourth-order valence-electron chi connectivity index (χ4n) is 3.02. The lowest BCUT2D eigenvalue weighted by atomic mass is 10.0. The van der Waals surface area contributed by atoms with Crippen LogP contribution in [0.1, 0.15) is 23.9 Å². The number of nitrogens with one attached hydrogen (secondary N) is 1. The summed E-state index contributed by atoms with van der Waals surface area (Å²) in [5.74, 6) is 2.71. The van der Waals surface area contributed by atoms with Crippen LogP contribution in [-0.4, -0.2) is 57.0 Å². The van der Waals surface area contributed by atoms with Gasteiger partial charge in [-0.25, -0.2) is 9.97 Å². The Kier molecular flexibility index (Phi) is 4.07. The van der Waals surface area contributed by atoms with Crippen LogP contribution in [0.25, 0.3) is 0 Å². The highest BCUT2D eigenvalue weighted by molar-refractivity contribution is 5.46. The average molecular weight is 330 g/mol. The molecule has 8 nitrogen and oxygen atoms in total. The Morgan fingerprint density at radius 2 is 2.25 bits per heavy atom. The van der Waals surface area contributed by atoms with E-state index in [0.29, 0.717) is 38.1 Å². The number of imidazole rings is 1. The van der Waals surface area contributed by atoms with Crippen LogP contribution >= 0.6 is 0 Å². The van der Waals surface area contributed by atoms with E-state index in [0.717, 1.165) is 30.4 Å². The number of hydrogen-bond donors (Lipinski definition) is 2. The number of nitrogens with zero attached hydrogens (tertiary/aromatic N) is 5. The van der Waals surface area contributed by atoms with Gasteiger partial charge in [-0.3, -0.25) is 0 Å². The number of anilines is 2. The van der Waals surface area contributed by atoms with Crippen LogP contribution in [0.15, 0.2) is 18.5 Å². The molecule has 2 aromatic heterocycles. The molecule has 128 valence electrons. The van der Waals surface area contributed by atoms with Crippen molar-refractivity contribution in [3.05, 3.63) is 30.0 Å². The molecule has 0 saturated carbocycles. The second-order valence-corrected chi connectivity index (χ2v) is 6.41. The molecule has 0 radical (unpaired) electrons. The van der Waals surface area contributed by atoms with Crippen molar-refractivity contribution in [2.45, 2.75) is 25.0 Å². The zero-order valence-corrected chi connectivity index (χ0v) is 13.7. The second kappa shape index (κ2) is 6.37. The number of rotatable bonds is 5. The molecule has 2 saturated heterocycles. The maximum absolute atomic E-state index is 9.54. The van der Waals surface area contributed by atoms with E-state index in [9.17, 15) is 5.11 Å². The molecule has 0 bridgehead atoms. The van der Waals surface area contributed by atoms with Gasteiger partial charge in [0.25, 0.3) is 0 Å². The molecule has 0 aliphatic carbocycles. The van der Waals surface area contributed by atoms with E-state index in [2.05, 4.69) is 15.3 Å². The first-order valence-corrected chi connectivity index (χ1v) is 8.29. The van der Waals surface area contributed by atoms with Crippen LogP contribution in [0.2, 0.25) is 0 Å².